The van der Waals surface area contributed by atoms with Crippen molar-refractivity contribution in [3.63, 3.8) is 0 Å². The Morgan fingerprint density at radius 3 is 2.38 bits per heavy atom. The van der Waals surface area contributed by atoms with Crippen LogP contribution in [0.4, 0.5) is 4.79 Å². The van der Waals surface area contributed by atoms with E-state index in [4.69, 9.17) is 21.3 Å². The number of benzene rings is 1. The Morgan fingerprint density at radius 1 is 1.17 bits per heavy atom. The van der Waals surface area contributed by atoms with Crippen LogP contribution in [-0.2, 0) is 25.7 Å². The van der Waals surface area contributed by atoms with Crippen molar-refractivity contribution in [2.45, 2.75) is 65.1 Å². The quantitative estimate of drug-likeness (QED) is 0.426. The number of unbranched alkanes of at least 4 members (excludes halogenated alkanes) is 1. The average molecular weight is 427 g/mol. The highest BCUT2D eigenvalue weighted by atomic mass is 35.5. The van der Waals surface area contributed by atoms with Crippen LogP contribution in [-0.4, -0.2) is 41.6 Å². The van der Waals surface area contributed by atoms with Crippen molar-refractivity contribution in [1.29, 1.82) is 0 Å². The zero-order valence-corrected chi connectivity index (χ0v) is 18.3. The number of rotatable bonds is 11. The van der Waals surface area contributed by atoms with Crippen molar-refractivity contribution in [2.75, 3.05) is 7.11 Å². The van der Waals surface area contributed by atoms with Gasteiger partial charge in [0.2, 0.25) is 0 Å². The molecular formula is C21H31ClN2O5. The summed E-state index contributed by atoms with van der Waals surface area (Å²) in [6.45, 7) is 5.90. The van der Waals surface area contributed by atoms with Gasteiger partial charge in [-0.3, -0.25) is 4.79 Å². The minimum atomic E-state index is -0.912. The fraction of sp³-hybridized carbons (Fsp3) is 0.571. The summed E-state index contributed by atoms with van der Waals surface area (Å²) in [5, 5.41) is 2.58. The number of alkyl carbamates (subject to hydrolysis) is 1. The van der Waals surface area contributed by atoms with Gasteiger partial charge in [0.1, 0.15) is 18.7 Å². The van der Waals surface area contributed by atoms with E-state index >= 15 is 0 Å². The minimum absolute atomic E-state index is 0.0845. The summed E-state index contributed by atoms with van der Waals surface area (Å²) in [5.41, 5.74) is 0.832. The molecule has 0 saturated heterocycles. The number of hydrogen-bond acceptors (Lipinski definition) is 5. The van der Waals surface area contributed by atoms with Crippen molar-refractivity contribution in [1.82, 2.24) is 9.74 Å². The summed E-state index contributed by atoms with van der Waals surface area (Å²) in [6.07, 6.45) is 1.56. The van der Waals surface area contributed by atoms with Gasteiger partial charge in [-0.05, 0) is 24.3 Å². The third kappa shape index (κ3) is 8.73. The Bertz CT molecular complexity index is 654. The van der Waals surface area contributed by atoms with Crippen LogP contribution in [0.15, 0.2) is 30.3 Å². The summed E-state index contributed by atoms with van der Waals surface area (Å²) >= 11 is 6.23. The molecule has 0 aliphatic heterocycles. The molecule has 0 fully saturated rings. The normalized spacial score (nSPS) is 12.8. The Kier molecular flexibility index (Phi) is 11.1. The second-order valence-electron chi connectivity index (χ2n) is 7.22. The van der Waals surface area contributed by atoms with Crippen LogP contribution in [0, 0.1) is 5.92 Å². The van der Waals surface area contributed by atoms with E-state index in [1.165, 1.54) is 7.11 Å². The number of carbonyl (C=O) groups excluding carboxylic acids is 3. The molecule has 0 radical (unpaired) electrons. The molecule has 2 atom stereocenters. The first-order valence-electron chi connectivity index (χ1n) is 9.84. The first kappa shape index (κ1) is 24.8. The van der Waals surface area contributed by atoms with Crippen molar-refractivity contribution in [2.24, 2.45) is 5.92 Å². The number of halogens is 1. The van der Waals surface area contributed by atoms with Crippen molar-refractivity contribution in [3.05, 3.63) is 35.9 Å². The number of esters is 1. The highest BCUT2D eigenvalue weighted by Gasteiger charge is 2.34. The van der Waals surface area contributed by atoms with Crippen LogP contribution in [0.2, 0.25) is 0 Å². The van der Waals surface area contributed by atoms with E-state index in [0.29, 0.717) is 19.3 Å². The molecule has 8 heteroatoms. The molecule has 2 amide bonds. The van der Waals surface area contributed by atoms with Gasteiger partial charge >= 0.3 is 12.1 Å². The maximum atomic E-state index is 12.9. The van der Waals surface area contributed by atoms with E-state index in [1.54, 1.807) is 0 Å². The highest BCUT2D eigenvalue weighted by molar-refractivity contribution is 6.23. The van der Waals surface area contributed by atoms with E-state index in [1.807, 2.05) is 51.1 Å². The molecule has 1 rings (SSSR count). The molecule has 0 spiro atoms. The van der Waals surface area contributed by atoms with Crippen LogP contribution < -0.4 is 5.32 Å². The molecule has 0 aromatic heterocycles. The van der Waals surface area contributed by atoms with Gasteiger partial charge in [-0.25, -0.2) is 14.0 Å². The number of carbonyl (C=O) groups is 3. The lowest BCUT2D eigenvalue weighted by molar-refractivity contribution is -0.149. The van der Waals surface area contributed by atoms with Gasteiger partial charge in [-0.15, -0.1) is 0 Å². The van der Waals surface area contributed by atoms with Crippen LogP contribution in [0.25, 0.3) is 0 Å². The SMILES string of the molecule is CCCC[C@@H](C(=O)OC)N(Cl)C(=O)[C@H](CC(C)C)NC(=O)OCc1ccccc1. The Balaban J connectivity index is 2.81. The van der Waals surface area contributed by atoms with Gasteiger partial charge in [0, 0.05) is 11.8 Å². The topological polar surface area (TPSA) is 84.9 Å². The number of nitrogens with one attached hydrogen (secondary N) is 1. The van der Waals surface area contributed by atoms with Crippen molar-refractivity contribution < 1.29 is 23.9 Å². The van der Waals surface area contributed by atoms with Crippen molar-refractivity contribution >= 4 is 29.7 Å². The molecule has 7 nitrogen and oxygen atoms in total. The van der Waals surface area contributed by atoms with Crippen LogP contribution >= 0.6 is 11.8 Å². The molecule has 0 heterocycles. The van der Waals surface area contributed by atoms with E-state index in [9.17, 15) is 14.4 Å². The van der Waals surface area contributed by atoms with Crippen LogP contribution in [0.3, 0.4) is 0 Å². The Labute approximate surface area is 177 Å². The second kappa shape index (κ2) is 13.0. The lowest BCUT2D eigenvalue weighted by Crippen LogP contribution is -2.51. The van der Waals surface area contributed by atoms with Crippen molar-refractivity contribution in [3.8, 4) is 0 Å². The summed E-state index contributed by atoms with van der Waals surface area (Å²) in [4.78, 5) is 37.2. The third-order valence-corrected chi connectivity index (χ3v) is 4.70. The lowest BCUT2D eigenvalue weighted by atomic mass is 10.0. The third-order valence-electron chi connectivity index (χ3n) is 4.30. The predicted molar refractivity (Wildman–Crippen MR) is 111 cm³/mol. The maximum Gasteiger partial charge on any atom is 0.408 e. The highest BCUT2D eigenvalue weighted by Crippen LogP contribution is 2.18. The summed E-state index contributed by atoms with van der Waals surface area (Å²) < 4.78 is 10.8. The molecular weight excluding hydrogens is 396 g/mol. The van der Waals surface area contributed by atoms with E-state index in [0.717, 1.165) is 16.4 Å². The molecule has 1 aromatic rings. The standard InChI is InChI=1S/C21H31ClN2O5/c1-5-6-12-18(20(26)28-4)24(22)19(25)17(13-15(2)3)23-21(27)29-14-16-10-8-7-9-11-16/h7-11,15,17-18H,5-6,12-14H2,1-4H3,(H,23,27)/t17-,18-/m0/s1. The predicted octanol–water partition coefficient (Wildman–Crippen LogP) is 4.04. The number of nitrogens with zero attached hydrogens (tertiary/aromatic N) is 1. The summed E-state index contributed by atoms with van der Waals surface area (Å²) in [7, 11) is 1.25. The van der Waals surface area contributed by atoms with Gasteiger partial charge in [0.15, 0.2) is 0 Å². The molecule has 0 aliphatic carbocycles. The average Bonchev–Trinajstić information content (AvgIpc) is 2.71. The zero-order chi connectivity index (χ0) is 21.8. The molecule has 0 aliphatic rings. The summed E-state index contributed by atoms with van der Waals surface area (Å²) in [6, 6.07) is 7.40. The molecule has 0 unspecified atom stereocenters. The zero-order valence-electron chi connectivity index (χ0n) is 17.5. The first-order valence-corrected chi connectivity index (χ1v) is 10.2. The molecule has 1 aromatic carbocycles. The summed E-state index contributed by atoms with van der Waals surface area (Å²) in [5.74, 6) is -1.05. The number of amides is 2. The lowest BCUT2D eigenvalue weighted by Gasteiger charge is -2.28. The van der Waals surface area contributed by atoms with Gasteiger partial charge in [0.05, 0.1) is 7.11 Å². The maximum absolute atomic E-state index is 12.9. The smallest absolute Gasteiger partial charge is 0.408 e. The fourth-order valence-electron chi connectivity index (χ4n) is 2.76. The monoisotopic (exact) mass is 426 g/mol. The molecule has 0 saturated carbocycles. The van der Waals surface area contributed by atoms with E-state index < -0.39 is 30.1 Å². The first-order chi connectivity index (χ1) is 13.8. The Morgan fingerprint density at radius 2 is 1.83 bits per heavy atom. The van der Waals surface area contributed by atoms with E-state index in [-0.39, 0.29) is 12.5 Å². The second-order valence-corrected chi connectivity index (χ2v) is 7.58. The molecule has 29 heavy (non-hydrogen) atoms. The number of methoxy groups -OCH3 is 1. The van der Waals surface area contributed by atoms with Gasteiger partial charge in [0.25, 0.3) is 5.91 Å². The number of ether oxygens (including phenoxy) is 2. The minimum Gasteiger partial charge on any atom is -0.467 e. The molecule has 162 valence electrons. The van der Waals surface area contributed by atoms with Crippen LogP contribution in [0.1, 0.15) is 52.0 Å². The van der Waals surface area contributed by atoms with Crippen LogP contribution in [0.5, 0.6) is 0 Å². The Hall–Kier alpha value is -2.28. The molecule has 1 N–H and O–H groups in total. The van der Waals surface area contributed by atoms with Gasteiger partial charge < -0.3 is 14.8 Å². The van der Waals surface area contributed by atoms with Gasteiger partial charge in [-0.2, -0.15) is 0 Å². The number of hydrogen-bond donors (Lipinski definition) is 1. The molecule has 0 bridgehead atoms. The largest absolute Gasteiger partial charge is 0.467 e. The van der Waals surface area contributed by atoms with E-state index in [2.05, 4.69) is 5.32 Å². The fourth-order valence-corrected chi connectivity index (χ4v) is 3.05. The van der Waals surface area contributed by atoms with Gasteiger partial charge in [-0.1, -0.05) is 63.9 Å².